The van der Waals surface area contributed by atoms with Gasteiger partial charge in [0.15, 0.2) is 0 Å². The van der Waals surface area contributed by atoms with Gasteiger partial charge in [-0.3, -0.25) is 0 Å². The zero-order valence-electron chi connectivity index (χ0n) is 13.8. The molecule has 1 fully saturated rings. The van der Waals surface area contributed by atoms with Crippen molar-refractivity contribution < 1.29 is 24.4 Å². The molecule has 0 radical (unpaired) electrons. The summed E-state index contributed by atoms with van der Waals surface area (Å²) in [5.41, 5.74) is 1.80. The molecule has 0 bridgehead atoms. The van der Waals surface area contributed by atoms with Crippen LogP contribution in [0.25, 0.3) is 0 Å². The van der Waals surface area contributed by atoms with Gasteiger partial charge in [-0.15, -0.1) is 0 Å². The second-order valence-corrected chi connectivity index (χ2v) is 8.88. The Morgan fingerprint density at radius 2 is 1.55 bits per heavy atom. The van der Waals surface area contributed by atoms with Gasteiger partial charge in [0.25, 0.3) is 0 Å². The minimum atomic E-state index is 0.0795. The van der Waals surface area contributed by atoms with Crippen molar-refractivity contribution in [2.45, 2.75) is 36.9 Å². The van der Waals surface area contributed by atoms with Crippen molar-refractivity contribution in [3.8, 4) is 0 Å². The molecule has 0 aromatic carbocycles. The van der Waals surface area contributed by atoms with Crippen LogP contribution < -0.4 is 0 Å². The summed E-state index contributed by atoms with van der Waals surface area (Å²) in [5, 5.41) is 0. The average molecular weight is 441 g/mol. The van der Waals surface area contributed by atoms with Crippen LogP contribution in [0.5, 0.6) is 0 Å². The van der Waals surface area contributed by atoms with E-state index in [1.54, 1.807) is 8.90 Å². The third-order valence-electron chi connectivity index (χ3n) is 5.35. The third kappa shape index (κ3) is 2.06. The van der Waals surface area contributed by atoms with Gasteiger partial charge in [-0.2, -0.15) is 0 Å². The van der Waals surface area contributed by atoms with Crippen LogP contribution in [0, 0.1) is 0 Å². The summed E-state index contributed by atoms with van der Waals surface area (Å²) in [4.78, 5) is 7.39. The van der Waals surface area contributed by atoms with Crippen LogP contribution in [0.3, 0.4) is 0 Å². The molecule has 0 N–H and O–H groups in total. The Morgan fingerprint density at radius 3 is 1.95 bits per heavy atom. The molecular formula is C16H28HfN3. The predicted octanol–water partition coefficient (Wildman–Crippen LogP) is 2.05. The van der Waals surface area contributed by atoms with Crippen LogP contribution in [0.1, 0.15) is 25.7 Å². The fourth-order valence-electron chi connectivity index (χ4n) is 4.65. The van der Waals surface area contributed by atoms with E-state index in [1.807, 2.05) is 0 Å². The van der Waals surface area contributed by atoms with Gasteiger partial charge in [0.05, 0.1) is 0 Å². The first-order valence-corrected chi connectivity index (χ1v) is 9.24. The molecule has 0 heterocycles. The molecule has 3 nitrogen and oxygen atoms in total. The van der Waals surface area contributed by atoms with Crippen LogP contribution in [0.2, 0.25) is 0 Å². The second kappa shape index (κ2) is 5.79. The summed E-state index contributed by atoms with van der Waals surface area (Å²) >= 11 is 1.17. The monoisotopic (exact) mass is 442 g/mol. The molecule has 0 amide bonds. The predicted molar refractivity (Wildman–Crippen MR) is 81.2 cm³/mol. The molecule has 4 heteroatoms. The quantitative estimate of drug-likeness (QED) is 0.489. The zero-order valence-corrected chi connectivity index (χ0v) is 17.4. The second-order valence-electron chi connectivity index (χ2n) is 6.71. The maximum atomic E-state index is 2.49. The first-order chi connectivity index (χ1) is 9.30. The molecule has 2 aliphatic carbocycles. The van der Waals surface area contributed by atoms with E-state index in [0.29, 0.717) is 0 Å². The van der Waals surface area contributed by atoms with E-state index < -0.39 is 0 Å². The van der Waals surface area contributed by atoms with Crippen molar-refractivity contribution >= 4 is 0 Å². The van der Waals surface area contributed by atoms with Crippen molar-refractivity contribution in [1.82, 2.24) is 14.7 Å². The summed E-state index contributed by atoms with van der Waals surface area (Å²) in [7, 11) is 13.5. The molecule has 0 saturated heterocycles. The summed E-state index contributed by atoms with van der Waals surface area (Å²) in [6.07, 6.45) is 9.72. The Bertz CT molecular complexity index is 429. The fraction of sp³-hybridized carbons (Fsp3) is 0.750. The fourth-order valence-corrected chi connectivity index (χ4v) is 6.12. The molecule has 0 aliphatic heterocycles. The van der Waals surface area contributed by atoms with Crippen molar-refractivity contribution in [2.24, 2.45) is 0 Å². The van der Waals surface area contributed by atoms with E-state index in [0.717, 1.165) is 0 Å². The van der Waals surface area contributed by atoms with Gasteiger partial charge in [-0.25, -0.2) is 0 Å². The van der Waals surface area contributed by atoms with Crippen molar-refractivity contribution in [2.75, 3.05) is 42.3 Å². The summed E-state index contributed by atoms with van der Waals surface area (Å²) in [6.45, 7) is 0. The van der Waals surface area contributed by atoms with Gasteiger partial charge in [0, 0.05) is 0 Å². The normalized spacial score (nSPS) is 29.4. The Labute approximate surface area is 139 Å². The minimum absolute atomic E-state index is 0.0795. The SMILES string of the molecule is CN(C)C1(C2=[C]([Hf])CC=C2)CCCC1(N(C)C)N(C)C. The van der Waals surface area contributed by atoms with Crippen molar-refractivity contribution in [3.63, 3.8) is 0 Å². The van der Waals surface area contributed by atoms with Crippen LogP contribution in [0.15, 0.2) is 21.1 Å². The van der Waals surface area contributed by atoms with Crippen LogP contribution in [-0.4, -0.2) is 68.2 Å². The number of allylic oxidation sites excluding steroid dienone is 2. The number of hydrogen-bond donors (Lipinski definition) is 0. The molecule has 20 heavy (non-hydrogen) atoms. The van der Waals surface area contributed by atoms with Gasteiger partial charge >= 0.3 is 139 Å². The summed E-state index contributed by atoms with van der Waals surface area (Å²) in [6, 6.07) is 0. The standard InChI is InChI=1S/C16H28N3.Hf/c1-17(2)15(14-10-7-8-11-14)12-9-13-16(15,18(3)4)19(5)6;/h7,10H,8-9,12-13H2,1-6H3;. The Kier molecular flexibility index (Phi) is 4.80. The van der Waals surface area contributed by atoms with Crippen LogP contribution >= 0.6 is 0 Å². The Morgan fingerprint density at radius 1 is 0.950 bits per heavy atom. The molecule has 1 atom stereocenters. The number of hydrogen-bond acceptors (Lipinski definition) is 3. The molecular weight excluding hydrogens is 413 g/mol. The van der Waals surface area contributed by atoms with Crippen molar-refractivity contribution in [1.29, 1.82) is 0 Å². The average Bonchev–Trinajstić information content (AvgIpc) is 2.92. The molecule has 0 aromatic rings. The molecule has 111 valence electrons. The number of nitrogens with zero attached hydrogens (tertiary/aromatic N) is 3. The Balaban J connectivity index is 2.68. The molecule has 2 rings (SSSR count). The van der Waals surface area contributed by atoms with Gasteiger partial charge in [-0.05, 0) is 0 Å². The zero-order chi connectivity index (χ0) is 15.1. The molecule has 1 unspecified atom stereocenters. The van der Waals surface area contributed by atoms with E-state index in [1.165, 1.54) is 50.1 Å². The molecule has 0 aromatic heterocycles. The van der Waals surface area contributed by atoms with E-state index in [-0.39, 0.29) is 11.2 Å². The van der Waals surface area contributed by atoms with Gasteiger partial charge in [0.2, 0.25) is 0 Å². The van der Waals surface area contributed by atoms with E-state index >= 15 is 0 Å². The van der Waals surface area contributed by atoms with E-state index in [4.69, 9.17) is 0 Å². The first-order valence-electron chi connectivity index (χ1n) is 7.45. The maximum absolute atomic E-state index is 2.49. The van der Waals surface area contributed by atoms with Gasteiger partial charge < -0.3 is 0 Å². The van der Waals surface area contributed by atoms with Gasteiger partial charge in [-0.1, -0.05) is 0 Å². The van der Waals surface area contributed by atoms with Crippen LogP contribution in [0.4, 0.5) is 0 Å². The number of likely N-dealkylation sites (N-methyl/N-ethyl adjacent to an activating group) is 3. The van der Waals surface area contributed by atoms with E-state index in [2.05, 4.69) is 69.1 Å². The van der Waals surface area contributed by atoms with Crippen molar-refractivity contribution in [3.05, 3.63) is 21.1 Å². The van der Waals surface area contributed by atoms with Gasteiger partial charge in [0.1, 0.15) is 0 Å². The Hall–Kier alpha value is 0.230. The summed E-state index contributed by atoms with van der Waals surface area (Å²) in [5.74, 6) is 0. The third-order valence-corrected chi connectivity index (χ3v) is 7.05. The van der Waals surface area contributed by atoms with Crippen LogP contribution in [-0.2, 0) is 24.4 Å². The summed E-state index contributed by atoms with van der Waals surface area (Å²) < 4.78 is 1.67. The molecule has 2 aliphatic rings. The molecule has 1 saturated carbocycles. The number of rotatable bonds is 4. The van der Waals surface area contributed by atoms with E-state index in [9.17, 15) is 0 Å². The topological polar surface area (TPSA) is 9.72 Å². The first kappa shape index (κ1) is 16.6. The molecule has 0 spiro atoms.